The van der Waals surface area contributed by atoms with Crippen LogP contribution in [0.5, 0.6) is 0 Å². The summed E-state index contributed by atoms with van der Waals surface area (Å²) in [4.78, 5) is 17.4. The van der Waals surface area contributed by atoms with Crippen LogP contribution in [0.15, 0.2) is 60.7 Å². The maximum absolute atomic E-state index is 13.0. The van der Waals surface area contributed by atoms with Crippen molar-refractivity contribution in [2.75, 3.05) is 26.2 Å². The summed E-state index contributed by atoms with van der Waals surface area (Å²) in [6.07, 6.45) is 6.17. The lowest BCUT2D eigenvalue weighted by Gasteiger charge is -2.25. The summed E-state index contributed by atoms with van der Waals surface area (Å²) in [5.74, 6) is 0.0768. The Labute approximate surface area is 176 Å². The van der Waals surface area contributed by atoms with Crippen molar-refractivity contribution in [3.63, 3.8) is 0 Å². The van der Waals surface area contributed by atoms with Crippen molar-refractivity contribution >= 4 is 12.0 Å². The lowest BCUT2D eigenvalue weighted by molar-refractivity contribution is -0.126. The van der Waals surface area contributed by atoms with Crippen LogP contribution in [0.2, 0.25) is 0 Å². The Bertz CT molecular complexity index is 797. The summed E-state index contributed by atoms with van der Waals surface area (Å²) < 4.78 is 0. The van der Waals surface area contributed by atoms with E-state index in [1.165, 1.54) is 24.0 Å². The van der Waals surface area contributed by atoms with Gasteiger partial charge < -0.3 is 9.80 Å². The van der Waals surface area contributed by atoms with E-state index in [4.69, 9.17) is 0 Å². The van der Waals surface area contributed by atoms with Crippen LogP contribution in [0.25, 0.3) is 6.08 Å². The molecule has 0 N–H and O–H groups in total. The Morgan fingerprint density at radius 2 is 1.66 bits per heavy atom. The first-order valence-electron chi connectivity index (χ1n) is 10.8. The predicted molar refractivity (Wildman–Crippen MR) is 122 cm³/mol. The Morgan fingerprint density at radius 3 is 2.28 bits per heavy atom. The van der Waals surface area contributed by atoms with E-state index in [1.54, 1.807) is 6.08 Å². The molecule has 0 bridgehead atoms. The lowest BCUT2D eigenvalue weighted by atomic mass is 9.87. The standard InChI is InChI=1S/C26H34N2O/c1-26(2,3)24-14-11-23(12-15-24)21-28(20-19-27-17-7-8-18-27)25(29)16-13-22-9-5-4-6-10-22/h4-6,9-16H,7-8,17-21H2,1-3H3/b16-13+. The number of amides is 1. The van der Waals surface area contributed by atoms with E-state index < -0.39 is 0 Å². The lowest BCUT2D eigenvalue weighted by Crippen LogP contribution is -2.36. The van der Waals surface area contributed by atoms with Crippen molar-refractivity contribution < 1.29 is 4.79 Å². The van der Waals surface area contributed by atoms with Crippen molar-refractivity contribution in [3.05, 3.63) is 77.4 Å². The summed E-state index contributed by atoms with van der Waals surface area (Å²) in [7, 11) is 0. The van der Waals surface area contributed by atoms with Gasteiger partial charge in [-0.3, -0.25) is 4.79 Å². The average Bonchev–Trinajstić information content (AvgIpc) is 3.23. The van der Waals surface area contributed by atoms with E-state index in [9.17, 15) is 4.79 Å². The summed E-state index contributed by atoms with van der Waals surface area (Å²) in [5, 5.41) is 0. The molecule has 1 amide bonds. The van der Waals surface area contributed by atoms with Crippen molar-refractivity contribution in [3.8, 4) is 0 Å². The molecule has 3 rings (SSSR count). The van der Waals surface area contributed by atoms with E-state index in [0.717, 1.165) is 31.7 Å². The summed E-state index contributed by atoms with van der Waals surface area (Å²) in [6, 6.07) is 18.7. The molecule has 1 fully saturated rings. The Morgan fingerprint density at radius 1 is 1.00 bits per heavy atom. The monoisotopic (exact) mass is 390 g/mol. The quantitative estimate of drug-likeness (QED) is 0.613. The Hall–Kier alpha value is -2.39. The maximum Gasteiger partial charge on any atom is 0.246 e. The van der Waals surface area contributed by atoms with Crippen LogP contribution in [-0.4, -0.2) is 41.9 Å². The average molecular weight is 391 g/mol. The number of carbonyl (C=O) groups is 1. The normalized spacial score (nSPS) is 15.1. The first-order valence-corrected chi connectivity index (χ1v) is 10.8. The van der Waals surface area contributed by atoms with E-state index >= 15 is 0 Å². The highest BCUT2D eigenvalue weighted by Gasteiger charge is 2.17. The molecule has 2 aromatic carbocycles. The number of benzene rings is 2. The zero-order valence-corrected chi connectivity index (χ0v) is 18.1. The van der Waals surface area contributed by atoms with Gasteiger partial charge in [-0.25, -0.2) is 0 Å². The van der Waals surface area contributed by atoms with E-state index in [-0.39, 0.29) is 11.3 Å². The van der Waals surface area contributed by atoms with Crippen LogP contribution in [-0.2, 0) is 16.8 Å². The van der Waals surface area contributed by atoms with Crippen LogP contribution in [0.4, 0.5) is 0 Å². The molecule has 1 aliphatic heterocycles. The largest absolute Gasteiger partial charge is 0.334 e. The van der Waals surface area contributed by atoms with Gasteiger partial charge in [0.1, 0.15) is 0 Å². The smallest absolute Gasteiger partial charge is 0.246 e. The highest BCUT2D eigenvalue weighted by Crippen LogP contribution is 2.22. The van der Waals surface area contributed by atoms with Gasteiger partial charge in [0.05, 0.1) is 0 Å². The van der Waals surface area contributed by atoms with Crippen molar-refractivity contribution in [1.82, 2.24) is 9.80 Å². The van der Waals surface area contributed by atoms with Crippen LogP contribution >= 0.6 is 0 Å². The second-order valence-electron chi connectivity index (χ2n) is 9.00. The zero-order valence-electron chi connectivity index (χ0n) is 18.1. The predicted octanol–water partition coefficient (Wildman–Crippen LogP) is 5.12. The van der Waals surface area contributed by atoms with Gasteiger partial charge in [0.2, 0.25) is 5.91 Å². The molecular weight excluding hydrogens is 356 g/mol. The third-order valence-electron chi connectivity index (χ3n) is 5.61. The van der Waals surface area contributed by atoms with Crippen LogP contribution in [0.3, 0.4) is 0 Å². The molecule has 1 saturated heterocycles. The fraction of sp³-hybridized carbons (Fsp3) is 0.423. The van der Waals surface area contributed by atoms with Crippen molar-refractivity contribution in [2.45, 2.75) is 45.6 Å². The van der Waals surface area contributed by atoms with Gasteiger partial charge in [-0.1, -0.05) is 75.4 Å². The first kappa shape index (κ1) is 21.3. The second-order valence-corrected chi connectivity index (χ2v) is 9.00. The molecule has 3 nitrogen and oxygen atoms in total. The number of hydrogen-bond donors (Lipinski definition) is 0. The van der Waals surface area contributed by atoms with Crippen LogP contribution < -0.4 is 0 Å². The number of likely N-dealkylation sites (tertiary alicyclic amines) is 1. The minimum atomic E-state index is 0.0768. The third kappa shape index (κ3) is 6.57. The minimum Gasteiger partial charge on any atom is -0.334 e. The molecule has 0 spiro atoms. The van der Waals surface area contributed by atoms with Crippen LogP contribution in [0, 0.1) is 0 Å². The topological polar surface area (TPSA) is 23.6 Å². The van der Waals surface area contributed by atoms with Gasteiger partial charge in [-0.2, -0.15) is 0 Å². The molecule has 0 atom stereocenters. The number of carbonyl (C=O) groups excluding carboxylic acids is 1. The molecule has 0 unspecified atom stereocenters. The van der Waals surface area contributed by atoms with Gasteiger partial charge >= 0.3 is 0 Å². The highest BCUT2D eigenvalue weighted by atomic mass is 16.2. The summed E-state index contributed by atoms with van der Waals surface area (Å²) >= 11 is 0. The number of rotatable bonds is 7. The third-order valence-corrected chi connectivity index (χ3v) is 5.61. The number of nitrogens with zero attached hydrogens (tertiary/aromatic N) is 2. The number of hydrogen-bond acceptors (Lipinski definition) is 2. The molecular formula is C26H34N2O. The molecule has 0 saturated carbocycles. The fourth-order valence-corrected chi connectivity index (χ4v) is 3.70. The van der Waals surface area contributed by atoms with Gasteiger partial charge in [-0.05, 0) is 54.1 Å². The molecule has 0 aliphatic carbocycles. The summed E-state index contributed by atoms with van der Waals surface area (Å²) in [6.45, 7) is 11.3. The molecule has 0 aromatic heterocycles. The molecule has 1 aliphatic rings. The molecule has 2 aromatic rings. The summed E-state index contributed by atoms with van der Waals surface area (Å²) in [5.41, 5.74) is 3.69. The van der Waals surface area contributed by atoms with Gasteiger partial charge in [0, 0.05) is 25.7 Å². The Kier molecular flexibility index (Phi) is 7.27. The van der Waals surface area contributed by atoms with E-state index in [1.807, 2.05) is 41.3 Å². The van der Waals surface area contributed by atoms with E-state index in [2.05, 4.69) is 49.9 Å². The second kappa shape index (κ2) is 9.89. The van der Waals surface area contributed by atoms with Crippen LogP contribution in [0.1, 0.15) is 50.3 Å². The van der Waals surface area contributed by atoms with Gasteiger partial charge in [0.25, 0.3) is 0 Å². The van der Waals surface area contributed by atoms with Crippen molar-refractivity contribution in [2.24, 2.45) is 0 Å². The van der Waals surface area contributed by atoms with Gasteiger partial charge in [0.15, 0.2) is 0 Å². The zero-order chi connectivity index (χ0) is 20.7. The molecule has 154 valence electrons. The fourth-order valence-electron chi connectivity index (χ4n) is 3.70. The molecule has 1 heterocycles. The SMILES string of the molecule is CC(C)(C)c1ccc(CN(CCN2CCCC2)C(=O)/C=C/c2ccccc2)cc1. The Balaban J connectivity index is 1.69. The van der Waals surface area contributed by atoms with Crippen molar-refractivity contribution in [1.29, 1.82) is 0 Å². The molecule has 29 heavy (non-hydrogen) atoms. The first-order chi connectivity index (χ1) is 13.9. The maximum atomic E-state index is 13.0. The highest BCUT2D eigenvalue weighted by molar-refractivity contribution is 5.91. The van der Waals surface area contributed by atoms with Gasteiger partial charge in [-0.15, -0.1) is 0 Å². The molecule has 0 radical (unpaired) electrons. The molecule has 3 heteroatoms. The van der Waals surface area contributed by atoms with E-state index in [0.29, 0.717) is 6.54 Å². The minimum absolute atomic E-state index is 0.0768.